The van der Waals surface area contributed by atoms with Crippen molar-refractivity contribution in [2.45, 2.75) is 51.5 Å². The van der Waals surface area contributed by atoms with E-state index < -0.39 is 5.82 Å². The maximum atomic E-state index is 14.1. The molecule has 1 fully saturated rings. The Morgan fingerprint density at radius 1 is 1.20 bits per heavy atom. The highest BCUT2D eigenvalue weighted by molar-refractivity contribution is 9.10. The summed E-state index contributed by atoms with van der Waals surface area (Å²) >= 11 is 3.03. The van der Waals surface area contributed by atoms with Crippen molar-refractivity contribution in [3.63, 3.8) is 0 Å². The van der Waals surface area contributed by atoms with Crippen LogP contribution in [0.4, 0.5) is 8.78 Å². The first-order valence-corrected chi connectivity index (χ1v) is 8.29. The normalized spacial score (nSPS) is 18.2. The lowest BCUT2D eigenvalue weighted by atomic mass is 9.83. The lowest BCUT2D eigenvalue weighted by Crippen LogP contribution is -2.25. The lowest BCUT2D eigenvalue weighted by molar-refractivity contribution is 0.298. The van der Waals surface area contributed by atoms with Gasteiger partial charge < -0.3 is 5.32 Å². The van der Waals surface area contributed by atoms with Gasteiger partial charge in [-0.05, 0) is 46.9 Å². The van der Waals surface area contributed by atoms with Crippen LogP contribution in [-0.4, -0.2) is 6.54 Å². The zero-order valence-corrected chi connectivity index (χ0v) is 13.5. The van der Waals surface area contributed by atoms with Gasteiger partial charge in [0.15, 0.2) is 0 Å². The minimum Gasteiger partial charge on any atom is -0.310 e. The van der Waals surface area contributed by atoms with Gasteiger partial charge in [-0.3, -0.25) is 0 Å². The van der Waals surface area contributed by atoms with E-state index >= 15 is 0 Å². The number of hydrogen-bond donors (Lipinski definition) is 1. The van der Waals surface area contributed by atoms with E-state index in [9.17, 15) is 8.78 Å². The molecule has 1 aromatic carbocycles. The van der Waals surface area contributed by atoms with Crippen LogP contribution in [0.25, 0.3) is 0 Å². The molecule has 0 aromatic heterocycles. The number of benzene rings is 1. The second kappa shape index (κ2) is 7.51. The predicted molar refractivity (Wildman–Crippen MR) is 81.7 cm³/mol. The molecule has 20 heavy (non-hydrogen) atoms. The third-order valence-corrected chi connectivity index (χ3v) is 4.77. The van der Waals surface area contributed by atoms with Crippen molar-refractivity contribution in [2.24, 2.45) is 5.92 Å². The Bertz CT molecular complexity index is 444. The first-order chi connectivity index (χ1) is 9.61. The highest BCUT2D eigenvalue weighted by Crippen LogP contribution is 2.33. The van der Waals surface area contributed by atoms with Crippen LogP contribution in [0.5, 0.6) is 0 Å². The van der Waals surface area contributed by atoms with Crippen molar-refractivity contribution in [1.29, 1.82) is 0 Å². The van der Waals surface area contributed by atoms with E-state index in [1.807, 2.05) is 6.92 Å². The van der Waals surface area contributed by atoms with Crippen LogP contribution >= 0.6 is 15.9 Å². The maximum Gasteiger partial charge on any atom is 0.137 e. The summed E-state index contributed by atoms with van der Waals surface area (Å²) in [4.78, 5) is 0. The fraction of sp³-hybridized carbons (Fsp3) is 0.625. The zero-order valence-electron chi connectivity index (χ0n) is 11.9. The summed E-state index contributed by atoms with van der Waals surface area (Å²) in [6.45, 7) is 2.76. The van der Waals surface area contributed by atoms with Gasteiger partial charge in [-0.2, -0.15) is 0 Å². The van der Waals surface area contributed by atoms with E-state index in [2.05, 4.69) is 21.2 Å². The zero-order chi connectivity index (χ0) is 14.5. The Morgan fingerprint density at radius 2 is 1.90 bits per heavy atom. The van der Waals surface area contributed by atoms with Gasteiger partial charge in [0.1, 0.15) is 11.6 Å². The minimum absolute atomic E-state index is 0.0919. The summed E-state index contributed by atoms with van der Waals surface area (Å²) in [6, 6.07) is 2.47. The fourth-order valence-electron chi connectivity index (χ4n) is 3.13. The Morgan fingerprint density at radius 3 is 2.55 bits per heavy atom. The maximum absolute atomic E-state index is 14.1. The summed E-state index contributed by atoms with van der Waals surface area (Å²) in [5.74, 6) is -0.105. The van der Waals surface area contributed by atoms with Crippen molar-refractivity contribution >= 4 is 15.9 Å². The topological polar surface area (TPSA) is 12.0 Å². The summed E-state index contributed by atoms with van der Waals surface area (Å²) in [5, 5.41) is 3.31. The third kappa shape index (κ3) is 4.01. The van der Waals surface area contributed by atoms with Crippen LogP contribution in [0.3, 0.4) is 0 Å². The quantitative estimate of drug-likeness (QED) is 0.709. The number of hydrogen-bond acceptors (Lipinski definition) is 1. The molecule has 1 atom stereocenters. The van der Waals surface area contributed by atoms with Gasteiger partial charge in [-0.15, -0.1) is 0 Å². The molecule has 1 unspecified atom stereocenters. The van der Waals surface area contributed by atoms with Crippen LogP contribution < -0.4 is 5.32 Å². The van der Waals surface area contributed by atoms with Crippen molar-refractivity contribution in [1.82, 2.24) is 5.32 Å². The molecule has 112 valence electrons. The number of nitrogens with one attached hydrogen (secondary N) is 1. The van der Waals surface area contributed by atoms with Crippen LogP contribution in [0.1, 0.15) is 57.1 Å². The van der Waals surface area contributed by atoms with Crippen molar-refractivity contribution in [3.8, 4) is 0 Å². The molecule has 0 spiro atoms. The molecular weight excluding hydrogens is 324 g/mol. The molecule has 0 aliphatic heterocycles. The summed E-state index contributed by atoms with van der Waals surface area (Å²) in [5.41, 5.74) is 0.457. The van der Waals surface area contributed by atoms with Gasteiger partial charge in [0.05, 0.1) is 4.47 Å². The third-order valence-electron chi connectivity index (χ3n) is 4.16. The summed E-state index contributed by atoms with van der Waals surface area (Å²) in [6.07, 6.45) is 7.15. The first-order valence-electron chi connectivity index (χ1n) is 7.49. The van der Waals surface area contributed by atoms with Crippen molar-refractivity contribution < 1.29 is 8.78 Å². The Hall–Kier alpha value is -0.480. The van der Waals surface area contributed by atoms with Crippen LogP contribution in [0.2, 0.25) is 0 Å². The number of rotatable bonds is 5. The van der Waals surface area contributed by atoms with Crippen LogP contribution in [-0.2, 0) is 0 Å². The van der Waals surface area contributed by atoms with Gasteiger partial charge in [0.25, 0.3) is 0 Å². The standard InChI is InChI=1S/C16H22BrF2N/c1-2-20-16(8-11-6-4-3-5-7-11)12-9-15(19)13(17)10-14(12)18/h9-11,16,20H,2-8H2,1H3. The van der Waals surface area contributed by atoms with Crippen molar-refractivity contribution in [2.75, 3.05) is 6.54 Å². The van der Waals surface area contributed by atoms with E-state index in [1.165, 1.54) is 44.2 Å². The second-order valence-electron chi connectivity index (χ2n) is 5.64. The minimum atomic E-state index is -0.395. The van der Waals surface area contributed by atoms with Crippen LogP contribution in [0, 0.1) is 17.6 Å². The first kappa shape index (κ1) is 15.9. The average molecular weight is 346 g/mol. The fourth-order valence-corrected chi connectivity index (χ4v) is 3.44. The molecule has 2 rings (SSSR count). The predicted octanol–water partition coefficient (Wildman–Crippen LogP) is 5.35. The van der Waals surface area contributed by atoms with Crippen molar-refractivity contribution in [3.05, 3.63) is 33.8 Å². The van der Waals surface area contributed by atoms with E-state index in [-0.39, 0.29) is 16.3 Å². The highest BCUT2D eigenvalue weighted by Gasteiger charge is 2.23. The Labute approximate surface area is 128 Å². The Balaban J connectivity index is 2.16. The largest absolute Gasteiger partial charge is 0.310 e. The van der Waals surface area contributed by atoms with E-state index in [0.29, 0.717) is 11.5 Å². The van der Waals surface area contributed by atoms with E-state index in [0.717, 1.165) is 13.0 Å². The molecule has 0 saturated heterocycles. The molecule has 0 heterocycles. The molecule has 1 saturated carbocycles. The molecule has 1 aromatic rings. The second-order valence-corrected chi connectivity index (χ2v) is 6.49. The van der Waals surface area contributed by atoms with Gasteiger partial charge in [-0.25, -0.2) is 8.78 Å². The molecule has 0 amide bonds. The molecule has 0 bridgehead atoms. The Kier molecular flexibility index (Phi) is 5.97. The molecule has 1 nitrogen and oxygen atoms in total. The SMILES string of the molecule is CCNC(CC1CCCCC1)c1cc(F)c(Br)cc1F. The highest BCUT2D eigenvalue weighted by atomic mass is 79.9. The van der Waals surface area contributed by atoms with Gasteiger partial charge in [0.2, 0.25) is 0 Å². The van der Waals surface area contributed by atoms with Gasteiger partial charge in [0, 0.05) is 11.6 Å². The molecule has 1 N–H and O–H groups in total. The van der Waals surface area contributed by atoms with Crippen LogP contribution in [0.15, 0.2) is 16.6 Å². The molecular formula is C16H22BrF2N. The van der Waals surface area contributed by atoms with E-state index in [4.69, 9.17) is 0 Å². The summed E-state index contributed by atoms with van der Waals surface area (Å²) < 4.78 is 28.0. The molecule has 1 aliphatic rings. The molecule has 4 heteroatoms. The van der Waals surface area contributed by atoms with E-state index in [1.54, 1.807) is 0 Å². The van der Waals surface area contributed by atoms with Gasteiger partial charge in [-0.1, -0.05) is 39.0 Å². The number of halogens is 3. The lowest BCUT2D eigenvalue weighted by Gasteiger charge is -2.27. The summed E-state index contributed by atoms with van der Waals surface area (Å²) in [7, 11) is 0. The average Bonchev–Trinajstić information content (AvgIpc) is 2.44. The molecule has 1 aliphatic carbocycles. The smallest absolute Gasteiger partial charge is 0.137 e. The van der Waals surface area contributed by atoms with Gasteiger partial charge >= 0.3 is 0 Å². The monoisotopic (exact) mass is 345 g/mol. The molecule has 0 radical (unpaired) electrons.